The summed E-state index contributed by atoms with van der Waals surface area (Å²) in [4.78, 5) is 28.6. The second-order valence-corrected chi connectivity index (χ2v) is 14.0. The fraction of sp³-hybridized carbons (Fsp3) is 0.771. The highest BCUT2D eigenvalue weighted by Crippen LogP contribution is 2.31. The van der Waals surface area contributed by atoms with Gasteiger partial charge in [0.05, 0.1) is 25.9 Å². The predicted molar refractivity (Wildman–Crippen MR) is 178 cm³/mol. The number of alkyl carbamates (subject to hydrolysis) is 1. The molecule has 45 heavy (non-hydrogen) atoms. The quantitative estimate of drug-likeness (QED) is 0.189. The fourth-order valence-electron chi connectivity index (χ4n) is 5.65. The number of β-amino-alcohol motifs (C(OH)–C–C–N with tert-alkyl or cyclic N) is 1. The first-order valence-corrected chi connectivity index (χ1v) is 16.7. The normalized spacial score (nSPS) is 17.0. The SMILES string of the molecule is COCCCOc1cc(C[C@H](C[C@H](NC(=O)[C@@H](NC(=O)OC(C)(C)C)C(C)C)[C@@H](O)CN2CCCCC2)C(C)C)ccc1OC. The molecule has 1 heterocycles. The summed E-state index contributed by atoms with van der Waals surface area (Å²) in [7, 11) is 3.31. The van der Waals surface area contributed by atoms with E-state index in [0.717, 1.165) is 44.3 Å². The number of nitrogens with zero attached hydrogens (tertiary/aromatic N) is 1. The monoisotopic (exact) mass is 635 g/mol. The third-order valence-corrected chi connectivity index (χ3v) is 8.28. The maximum atomic E-state index is 13.7. The standard InChI is InChI=1S/C35H61N3O7/c1-24(2)27(20-26-14-15-30(43-9)31(21-26)44-19-13-18-42-8)22-28(29(39)23-38-16-11-10-12-17-38)36-33(40)32(25(3)4)37-34(41)45-35(5,6)7/h14-15,21,24-25,27-29,32,39H,10-13,16-20,22-23H2,1-9H3,(H,36,40)(H,37,41)/t27-,28+,29+,32+/m1/s1. The Kier molecular flexibility index (Phi) is 16.5. The number of carbonyl (C=O) groups is 2. The van der Waals surface area contributed by atoms with Crippen LogP contribution in [0.25, 0.3) is 0 Å². The zero-order valence-corrected chi connectivity index (χ0v) is 29.3. The van der Waals surface area contributed by atoms with Gasteiger partial charge in [-0.15, -0.1) is 0 Å². The molecule has 2 rings (SSSR count). The van der Waals surface area contributed by atoms with Crippen molar-refractivity contribution in [2.45, 2.75) is 111 Å². The lowest BCUT2D eigenvalue weighted by Gasteiger charge is -2.35. The molecular formula is C35H61N3O7. The van der Waals surface area contributed by atoms with Gasteiger partial charge in [-0.25, -0.2) is 4.79 Å². The lowest BCUT2D eigenvalue weighted by Crippen LogP contribution is -2.57. The number of methoxy groups -OCH3 is 2. The minimum Gasteiger partial charge on any atom is -0.493 e. The number of aliphatic hydroxyl groups excluding tert-OH is 1. The maximum absolute atomic E-state index is 13.7. The smallest absolute Gasteiger partial charge is 0.408 e. The third kappa shape index (κ3) is 14.2. The van der Waals surface area contributed by atoms with Gasteiger partial charge in [-0.05, 0) is 95.0 Å². The highest BCUT2D eigenvalue weighted by atomic mass is 16.6. The molecule has 0 aromatic heterocycles. The number of nitrogens with one attached hydrogen (secondary N) is 2. The molecule has 0 spiro atoms. The first-order chi connectivity index (χ1) is 21.2. The van der Waals surface area contributed by atoms with Gasteiger partial charge in [-0.3, -0.25) is 4.79 Å². The molecule has 258 valence electrons. The summed E-state index contributed by atoms with van der Waals surface area (Å²) < 4.78 is 22.1. The Morgan fingerprint density at radius 2 is 1.64 bits per heavy atom. The molecule has 10 nitrogen and oxygen atoms in total. The number of ether oxygens (including phenoxy) is 4. The van der Waals surface area contributed by atoms with E-state index in [4.69, 9.17) is 18.9 Å². The van der Waals surface area contributed by atoms with Crippen LogP contribution in [-0.4, -0.2) is 92.9 Å². The average molecular weight is 636 g/mol. The van der Waals surface area contributed by atoms with Crippen molar-refractivity contribution in [2.75, 3.05) is 47.1 Å². The van der Waals surface area contributed by atoms with E-state index in [1.807, 2.05) is 32.0 Å². The number of aliphatic hydroxyl groups is 1. The molecular weight excluding hydrogens is 574 g/mol. The van der Waals surface area contributed by atoms with Crippen LogP contribution in [0.15, 0.2) is 18.2 Å². The van der Waals surface area contributed by atoms with Crippen LogP contribution in [0.2, 0.25) is 0 Å². The van der Waals surface area contributed by atoms with Crippen molar-refractivity contribution in [3.63, 3.8) is 0 Å². The van der Waals surface area contributed by atoms with Crippen molar-refractivity contribution >= 4 is 12.0 Å². The van der Waals surface area contributed by atoms with Crippen molar-refractivity contribution in [1.82, 2.24) is 15.5 Å². The Hall–Kier alpha value is -2.56. The minimum atomic E-state index is -0.804. The molecule has 3 N–H and O–H groups in total. The Morgan fingerprint density at radius 3 is 2.22 bits per heavy atom. The number of rotatable bonds is 18. The van der Waals surface area contributed by atoms with E-state index >= 15 is 0 Å². The van der Waals surface area contributed by atoms with Crippen LogP contribution in [-0.2, 0) is 20.7 Å². The number of likely N-dealkylation sites (tertiary alicyclic amines) is 1. The van der Waals surface area contributed by atoms with Gasteiger partial charge < -0.3 is 39.6 Å². The summed E-state index contributed by atoms with van der Waals surface area (Å²) in [6.45, 7) is 17.0. The Labute approximate surface area is 271 Å². The van der Waals surface area contributed by atoms with Crippen LogP contribution in [0.1, 0.15) is 86.1 Å². The molecule has 10 heteroatoms. The first kappa shape index (κ1) is 38.6. The van der Waals surface area contributed by atoms with E-state index < -0.39 is 29.9 Å². The summed E-state index contributed by atoms with van der Waals surface area (Å²) in [5, 5.41) is 17.5. The van der Waals surface area contributed by atoms with Crippen molar-refractivity contribution in [1.29, 1.82) is 0 Å². The lowest BCUT2D eigenvalue weighted by molar-refractivity contribution is -0.126. The van der Waals surface area contributed by atoms with Crippen molar-refractivity contribution in [3.05, 3.63) is 23.8 Å². The molecule has 1 aromatic rings. The molecule has 0 unspecified atom stereocenters. The molecule has 1 aliphatic heterocycles. The van der Waals surface area contributed by atoms with Crippen LogP contribution in [0.4, 0.5) is 4.79 Å². The Morgan fingerprint density at radius 1 is 0.956 bits per heavy atom. The molecule has 0 bridgehead atoms. The van der Waals surface area contributed by atoms with Gasteiger partial charge in [-0.2, -0.15) is 0 Å². The van der Waals surface area contributed by atoms with Crippen LogP contribution < -0.4 is 20.1 Å². The van der Waals surface area contributed by atoms with Crippen LogP contribution >= 0.6 is 0 Å². The molecule has 0 saturated carbocycles. The molecule has 0 radical (unpaired) electrons. The molecule has 1 saturated heterocycles. The number of hydrogen-bond acceptors (Lipinski definition) is 8. The molecule has 0 aliphatic carbocycles. The lowest BCUT2D eigenvalue weighted by atomic mass is 9.82. The molecule has 2 amide bonds. The number of benzene rings is 1. The summed E-state index contributed by atoms with van der Waals surface area (Å²) in [6, 6.07) is 4.70. The van der Waals surface area contributed by atoms with E-state index in [2.05, 4.69) is 29.4 Å². The van der Waals surface area contributed by atoms with Gasteiger partial charge in [0.25, 0.3) is 0 Å². The highest BCUT2D eigenvalue weighted by Gasteiger charge is 2.33. The van der Waals surface area contributed by atoms with Crippen molar-refractivity contribution < 1.29 is 33.6 Å². The van der Waals surface area contributed by atoms with Crippen LogP contribution in [0, 0.1) is 17.8 Å². The largest absolute Gasteiger partial charge is 0.493 e. The van der Waals surface area contributed by atoms with E-state index in [-0.39, 0.29) is 23.7 Å². The van der Waals surface area contributed by atoms with E-state index in [0.29, 0.717) is 37.7 Å². The van der Waals surface area contributed by atoms with E-state index in [1.54, 1.807) is 35.0 Å². The number of hydrogen-bond donors (Lipinski definition) is 3. The van der Waals surface area contributed by atoms with E-state index in [9.17, 15) is 14.7 Å². The van der Waals surface area contributed by atoms with Gasteiger partial charge in [0.15, 0.2) is 11.5 Å². The summed E-state index contributed by atoms with van der Waals surface area (Å²) >= 11 is 0. The summed E-state index contributed by atoms with van der Waals surface area (Å²) in [6.07, 6.45) is 4.11. The fourth-order valence-corrected chi connectivity index (χ4v) is 5.65. The predicted octanol–water partition coefficient (Wildman–Crippen LogP) is 5.20. The Balaban J connectivity index is 2.27. The van der Waals surface area contributed by atoms with Gasteiger partial charge in [-0.1, -0.05) is 40.2 Å². The Bertz CT molecular complexity index is 1020. The van der Waals surface area contributed by atoms with Crippen molar-refractivity contribution in [2.24, 2.45) is 17.8 Å². The van der Waals surface area contributed by atoms with Crippen LogP contribution in [0.3, 0.4) is 0 Å². The topological polar surface area (TPSA) is 119 Å². The second kappa shape index (κ2) is 19.2. The zero-order valence-electron chi connectivity index (χ0n) is 29.3. The first-order valence-electron chi connectivity index (χ1n) is 16.7. The average Bonchev–Trinajstić information content (AvgIpc) is 2.96. The van der Waals surface area contributed by atoms with E-state index in [1.165, 1.54) is 6.42 Å². The zero-order chi connectivity index (χ0) is 33.6. The van der Waals surface area contributed by atoms with Crippen molar-refractivity contribution in [3.8, 4) is 11.5 Å². The number of carbonyl (C=O) groups excluding carboxylic acids is 2. The van der Waals surface area contributed by atoms with Gasteiger partial charge in [0.2, 0.25) is 5.91 Å². The summed E-state index contributed by atoms with van der Waals surface area (Å²) in [5.74, 6) is 1.29. The highest BCUT2D eigenvalue weighted by molar-refractivity contribution is 5.86. The molecule has 1 aliphatic rings. The molecule has 1 fully saturated rings. The van der Waals surface area contributed by atoms with Gasteiger partial charge >= 0.3 is 6.09 Å². The molecule has 1 aromatic carbocycles. The number of piperidine rings is 1. The van der Waals surface area contributed by atoms with Gasteiger partial charge in [0, 0.05) is 26.7 Å². The third-order valence-electron chi connectivity index (χ3n) is 8.28. The number of amides is 2. The summed E-state index contributed by atoms with van der Waals surface area (Å²) in [5.41, 5.74) is 0.411. The second-order valence-electron chi connectivity index (χ2n) is 14.0. The minimum absolute atomic E-state index is 0.150. The maximum Gasteiger partial charge on any atom is 0.408 e. The van der Waals surface area contributed by atoms with Gasteiger partial charge in [0.1, 0.15) is 11.6 Å². The van der Waals surface area contributed by atoms with Crippen LogP contribution in [0.5, 0.6) is 11.5 Å². The molecule has 4 atom stereocenters.